The number of ether oxygens (including phenoxy) is 1. The third-order valence-electron chi connectivity index (χ3n) is 2.68. The summed E-state index contributed by atoms with van der Waals surface area (Å²) < 4.78 is 5.14. The van der Waals surface area contributed by atoms with Gasteiger partial charge in [0.1, 0.15) is 6.61 Å². The van der Waals surface area contributed by atoms with Gasteiger partial charge in [-0.15, -0.1) is 0 Å². The molecule has 0 saturated heterocycles. The van der Waals surface area contributed by atoms with Crippen molar-refractivity contribution in [2.75, 3.05) is 26.3 Å². The average molecular weight is 235 g/mol. The molecule has 3 nitrogen and oxygen atoms in total. The van der Waals surface area contributed by atoms with E-state index in [-0.39, 0.29) is 12.5 Å². The Morgan fingerprint density at radius 2 is 1.94 bits per heavy atom. The second-order valence-corrected chi connectivity index (χ2v) is 3.85. The Hall–Kier alpha value is -1.35. The summed E-state index contributed by atoms with van der Waals surface area (Å²) in [6, 6.07) is 10.2. The van der Waals surface area contributed by atoms with Gasteiger partial charge in [0, 0.05) is 19.7 Å². The van der Waals surface area contributed by atoms with Crippen molar-refractivity contribution < 1.29 is 9.53 Å². The Kier molecular flexibility index (Phi) is 6.33. The molecule has 0 bridgehead atoms. The SMILES string of the molecule is CCOCC(=O)N(CC)CCc1ccccc1. The third-order valence-corrected chi connectivity index (χ3v) is 2.68. The molecule has 94 valence electrons. The van der Waals surface area contributed by atoms with Gasteiger partial charge in [-0.2, -0.15) is 0 Å². The fraction of sp³-hybridized carbons (Fsp3) is 0.500. The molecule has 0 unspecified atom stereocenters. The van der Waals surface area contributed by atoms with E-state index in [1.54, 1.807) is 0 Å². The molecule has 0 N–H and O–H groups in total. The van der Waals surface area contributed by atoms with Crippen LogP contribution >= 0.6 is 0 Å². The summed E-state index contributed by atoms with van der Waals surface area (Å²) in [5.41, 5.74) is 1.26. The minimum absolute atomic E-state index is 0.0743. The summed E-state index contributed by atoms with van der Waals surface area (Å²) in [7, 11) is 0. The van der Waals surface area contributed by atoms with Crippen molar-refractivity contribution in [3.63, 3.8) is 0 Å². The molecule has 0 aliphatic heterocycles. The zero-order valence-corrected chi connectivity index (χ0v) is 10.7. The van der Waals surface area contributed by atoms with Crippen molar-refractivity contribution in [1.82, 2.24) is 4.90 Å². The van der Waals surface area contributed by atoms with Crippen molar-refractivity contribution in [3.05, 3.63) is 35.9 Å². The first-order valence-electron chi connectivity index (χ1n) is 6.17. The number of amides is 1. The van der Waals surface area contributed by atoms with Crippen LogP contribution in [0.3, 0.4) is 0 Å². The van der Waals surface area contributed by atoms with E-state index in [0.29, 0.717) is 6.61 Å². The molecule has 0 atom stereocenters. The van der Waals surface area contributed by atoms with Crippen LogP contribution in [-0.4, -0.2) is 37.1 Å². The number of hydrogen-bond acceptors (Lipinski definition) is 2. The third kappa shape index (κ3) is 5.00. The molecule has 0 fully saturated rings. The van der Waals surface area contributed by atoms with Crippen molar-refractivity contribution in [1.29, 1.82) is 0 Å². The lowest BCUT2D eigenvalue weighted by molar-refractivity contribution is -0.135. The Morgan fingerprint density at radius 1 is 1.24 bits per heavy atom. The Labute approximate surface area is 103 Å². The Bertz CT molecular complexity index is 324. The number of likely N-dealkylation sites (N-methyl/N-ethyl adjacent to an activating group) is 1. The van der Waals surface area contributed by atoms with Crippen LogP contribution in [0, 0.1) is 0 Å². The van der Waals surface area contributed by atoms with Crippen LogP contribution in [0.4, 0.5) is 0 Å². The molecule has 17 heavy (non-hydrogen) atoms. The molecule has 1 amide bonds. The molecule has 0 aliphatic rings. The maximum atomic E-state index is 11.8. The highest BCUT2D eigenvalue weighted by molar-refractivity contribution is 5.77. The number of rotatable bonds is 7. The van der Waals surface area contributed by atoms with E-state index in [2.05, 4.69) is 12.1 Å². The van der Waals surface area contributed by atoms with Gasteiger partial charge in [0.2, 0.25) is 5.91 Å². The van der Waals surface area contributed by atoms with Crippen molar-refractivity contribution in [2.24, 2.45) is 0 Å². The average Bonchev–Trinajstić information content (AvgIpc) is 2.38. The van der Waals surface area contributed by atoms with Crippen LogP contribution in [0.15, 0.2) is 30.3 Å². The molecule has 1 aromatic carbocycles. The number of benzene rings is 1. The first kappa shape index (κ1) is 13.7. The predicted molar refractivity (Wildman–Crippen MR) is 68.9 cm³/mol. The highest BCUT2D eigenvalue weighted by Crippen LogP contribution is 2.02. The van der Waals surface area contributed by atoms with Crippen LogP contribution in [0.5, 0.6) is 0 Å². The molecule has 3 heteroatoms. The topological polar surface area (TPSA) is 29.5 Å². The molecule has 0 heterocycles. The largest absolute Gasteiger partial charge is 0.372 e. The van der Waals surface area contributed by atoms with Gasteiger partial charge in [0.25, 0.3) is 0 Å². The van der Waals surface area contributed by atoms with Crippen molar-refractivity contribution in [2.45, 2.75) is 20.3 Å². The minimum Gasteiger partial charge on any atom is -0.372 e. The molecule has 1 rings (SSSR count). The van der Waals surface area contributed by atoms with Crippen LogP contribution < -0.4 is 0 Å². The second kappa shape index (κ2) is 7.85. The van der Waals surface area contributed by atoms with Crippen LogP contribution in [-0.2, 0) is 16.0 Å². The van der Waals surface area contributed by atoms with Crippen molar-refractivity contribution >= 4 is 5.91 Å². The maximum absolute atomic E-state index is 11.8. The summed E-state index contributed by atoms with van der Waals surface area (Å²) in [6.07, 6.45) is 0.895. The predicted octanol–water partition coefficient (Wildman–Crippen LogP) is 2.11. The number of nitrogens with zero attached hydrogens (tertiary/aromatic N) is 1. The van der Waals surface area contributed by atoms with Crippen LogP contribution in [0.1, 0.15) is 19.4 Å². The lowest BCUT2D eigenvalue weighted by Gasteiger charge is -2.20. The lowest BCUT2D eigenvalue weighted by atomic mass is 10.1. The van der Waals surface area contributed by atoms with Crippen LogP contribution in [0.2, 0.25) is 0 Å². The molecular weight excluding hydrogens is 214 g/mol. The molecule has 0 aromatic heterocycles. The van der Waals surface area contributed by atoms with E-state index < -0.39 is 0 Å². The minimum atomic E-state index is 0.0743. The zero-order valence-electron chi connectivity index (χ0n) is 10.7. The molecule has 1 aromatic rings. The monoisotopic (exact) mass is 235 g/mol. The summed E-state index contributed by atoms with van der Waals surface area (Å²) >= 11 is 0. The van der Waals surface area contributed by atoms with E-state index in [0.717, 1.165) is 19.5 Å². The van der Waals surface area contributed by atoms with Gasteiger partial charge in [-0.25, -0.2) is 0 Å². The summed E-state index contributed by atoms with van der Waals surface area (Å²) in [6.45, 7) is 6.16. The van der Waals surface area contributed by atoms with Gasteiger partial charge < -0.3 is 9.64 Å². The van der Waals surface area contributed by atoms with Gasteiger partial charge in [0.05, 0.1) is 0 Å². The summed E-state index contributed by atoms with van der Waals surface area (Å²) in [5.74, 6) is 0.0743. The molecule has 0 spiro atoms. The first-order valence-corrected chi connectivity index (χ1v) is 6.17. The number of hydrogen-bond donors (Lipinski definition) is 0. The molecule has 0 saturated carbocycles. The Balaban J connectivity index is 2.39. The number of carbonyl (C=O) groups excluding carboxylic acids is 1. The van der Waals surface area contributed by atoms with Gasteiger partial charge in [-0.1, -0.05) is 30.3 Å². The van der Waals surface area contributed by atoms with Gasteiger partial charge in [-0.05, 0) is 25.8 Å². The standard InChI is InChI=1S/C14H21NO2/c1-3-15(14(16)12-17-4-2)11-10-13-8-6-5-7-9-13/h5-9H,3-4,10-12H2,1-2H3. The van der Waals surface area contributed by atoms with E-state index in [1.165, 1.54) is 5.56 Å². The van der Waals surface area contributed by atoms with E-state index in [9.17, 15) is 4.79 Å². The smallest absolute Gasteiger partial charge is 0.248 e. The van der Waals surface area contributed by atoms with E-state index in [1.807, 2.05) is 36.9 Å². The maximum Gasteiger partial charge on any atom is 0.248 e. The zero-order chi connectivity index (χ0) is 12.5. The highest BCUT2D eigenvalue weighted by Gasteiger charge is 2.10. The molecule has 0 radical (unpaired) electrons. The normalized spacial score (nSPS) is 10.2. The lowest BCUT2D eigenvalue weighted by Crippen LogP contribution is -2.35. The summed E-state index contributed by atoms with van der Waals surface area (Å²) in [5, 5.41) is 0. The second-order valence-electron chi connectivity index (χ2n) is 3.85. The van der Waals surface area contributed by atoms with Gasteiger partial charge >= 0.3 is 0 Å². The van der Waals surface area contributed by atoms with Gasteiger partial charge in [0.15, 0.2) is 0 Å². The fourth-order valence-corrected chi connectivity index (χ4v) is 1.65. The number of carbonyl (C=O) groups is 1. The molecular formula is C14H21NO2. The van der Waals surface area contributed by atoms with Crippen LogP contribution in [0.25, 0.3) is 0 Å². The quantitative estimate of drug-likeness (QED) is 0.724. The summed E-state index contributed by atoms with van der Waals surface area (Å²) in [4.78, 5) is 13.6. The van der Waals surface area contributed by atoms with Gasteiger partial charge in [-0.3, -0.25) is 4.79 Å². The Morgan fingerprint density at radius 3 is 2.53 bits per heavy atom. The van der Waals surface area contributed by atoms with E-state index in [4.69, 9.17) is 4.74 Å². The molecule has 0 aliphatic carbocycles. The van der Waals surface area contributed by atoms with E-state index >= 15 is 0 Å². The van der Waals surface area contributed by atoms with Crippen molar-refractivity contribution in [3.8, 4) is 0 Å². The fourth-order valence-electron chi connectivity index (χ4n) is 1.65. The highest BCUT2D eigenvalue weighted by atomic mass is 16.5. The first-order chi connectivity index (χ1) is 8.27.